The van der Waals surface area contributed by atoms with Crippen LogP contribution in [0.2, 0.25) is 0 Å². The van der Waals surface area contributed by atoms with E-state index in [0.717, 1.165) is 24.1 Å². The molecule has 1 heterocycles. The zero-order valence-electron chi connectivity index (χ0n) is 14.7. The normalized spacial score (nSPS) is 13.3. The molecule has 130 valence electrons. The van der Waals surface area contributed by atoms with Gasteiger partial charge >= 0.3 is 6.03 Å². The molecule has 2 amide bonds. The van der Waals surface area contributed by atoms with E-state index >= 15 is 0 Å². The van der Waals surface area contributed by atoms with Crippen LogP contribution in [0.1, 0.15) is 58.1 Å². The average molecular weight is 329 g/mol. The number of carbonyl (C=O) groups excluding carboxylic acids is 1. The summed E-state index contributed by atoms with van der Waals surface area (Å²) in [6.07, 6.45) is 7.73. The number of hydrogen-bond donors (Lipinski definition) is 2. The minimum atomic E-state index is -0.119. The highest BCUT2D eigenvalue weighted by Crippen LogP contribution is 2.15. The Balaban J connectivity index is 1.83. The maximum absolute atomic E-state index is 12.1. The number of benzene rings is 1. The molecule has 2 atom stereocenters. The lowest BCUT2D eigenvalue weighted by Crippen LogP contribution is -2.41. The van der Waals surface area contributed by atoms with E-state index < -0.39 is 0 Å². The Kier molecular flexibility index (Phi) is 6.78. The molecule has 2 N–H and O–H groups in total. The van der Waals surface area contributed by atoms with Crippen LogP contribution in [0.15, 0.2) is 36.9 Å². The lowest BCUT2D eigenvalue weighted by atomic mass is 10.1. The van der Waals surface area contributed by atoms with Gasteiger partial charge in [0.25, 0.3) is 0 Å². The van der Waals surface area contributed by atoms with Crippen molar-refractivity contribution >= 4 is 6.03 Å². The fourth-order valence-corrected chi connectivity index (χ4v) is 2.58. The van der Waals surface area contributed by atoms with Crippen LogP contribution < -0.4 is 10.6 Å². The first-order valence-corrected chi connectivity index (χ1v) is 8.62. The van der Waals surface area contributed by atoms with Crippen molar-refractivity contribution in [1.29, 1.82) is 0 Å². The molecule has 0 aliphatic rings. The number of hydrogen-bond acceptors (Lipinski definition) is 3. The number of nitrogens with zero attached hydrogens (tertiary/aromatic N) is 3. The Hall–Kier alpha value is -2.37. The van der Waals surface area contributed by atoms with Gasteiger partial charge in [-0.2, -0.15) is 5.10 Å². The quantitative estimate of drug-likeness (QED) is 0.727. The SMILES string of the molecule is CCCCCC(C)NC(=O)NC(C)c1ccc(-n2cncn2)cc1. The third-order valence-corrected chi connectivity index (χ3v) is 4.04. The van der Waals surface area contributed by atoms with Crippen LogP contribution in [0, 0.1) is 0 Å². The molecule has 6 nitrogen and oxygen atoms in total. The minimum Gasteiger partial charge on any atom is -0.336 e. The highest BCUT2D eigenvalue weighted by Gasteiger charge is 2.12. The van der Waals surface area contributed by atoms with Crippen LogP contribution in [0.4, 0.5) is 4.79 Å². The van der Waals surface area contributed by atoms with Gasteiger partial charge in [0.2, 0.25) is 0 Å². The lowest BCUT2D eigenvalue weighted by molar-refractivity contribution is 0.234. The summed E-state index contributed by atoms with van der Waals surface area (Å²) in [5, 5.41) is 10.1. The smallest absolute Gasteiger partial charge is 0.315 e. The third-order valence-electron chi connectivity index (χ3n) is 4.04. The number of unbranched alkanes of at least 4 members (excludes halogenated alkanes) is 2. The molecule has 2 rings (SSSR count). The molecule has 0 spiro atoms. The third kappa shape index (κ3) is 5.37. The Bertz CT molecular complexity index is 609. The monoisotopic (exact) mass is 329 g/mol. The van der Waals surface area contributed by atoms with Crippen LogP contribution in [-0.2, 0) is 0 Å². The van der Waals surface area contributed by atoms with Crippen LogP contribution in [0.5, 0.6) is 0 Å². The van der Waals surface area contributed by atoms with E-state index in [1.807, 2.05) is 38.1 Å². The summed E-state index contributed by atoms with van der Waals surface area (Å²) in [5.41, 5.74) is 1.99. The van der Waals surface area contributed by atoms with E-state index in [1.165, 1.54) is 19.2 Å². The molecule has 1 aromatic heterocycles. The van der Waals surface area contributed by atoms with E-state index in [4.69, 9.17) is 0 Å². The summed E-state index contributed by atoms with van der Waals surface area (Å²) < 4.78 is 1.70. The Morgan fingerprint density at radius 3 is 2.54 bits per heavy atom. The molecular formula is C18H27N5O. The van der Waals surface area contributed by atoms with Crippen molar-refractivity contribution in [2.75, 3.05) is 0 Å². The summed E-state index contributed by atoms with van der Waals surface area (Å²) in [6, 6.07) is 7.93. The summed E-state index contributed by atoms with van der Waals surface area (Å²) in [6.45, 7) is 6.21. The number of rotatable bonds is 8. The van der Waals surface area contributed by atoms with Gasteiger partial charge in [-0.15, -0.1) is 0 Å². The minimum absolute atomic E-state index is 0.0577. The molecule has 0 saturated carbocycles. The first-order valence-electron chi connectivity index (χ1n) is 8.62. The van der Waals surface area contributed by atoms with E-state index in [0.29, 0.717) is 0 Å². The Morgan fingerprint density at radius 2 is 1.92 bits per heavy atom. The second-order valence-corrected chi connectivity index (χ2v) is 6.17. The van der Waals surface area contributed by atoms with Crippen molar-refractivity contribution in [3.05, 3.63) is 42.5 Å². The molecule has 0 aliphatic carbocycles. The molecule has 24 heavy (non-hydrogen) atoms. The van der Waals surface area contributed by atoms with Crippen LogP contribution in [0.25, 0.3) is 5.69 Å². The van der Waals surface area contributed by atoms with Crippen LogP contribution in [0.3, 0.4) is 0 Å². The summed E-state index contributed by atoms with van der Waals surface area (Å²) in [4.78, 5) is 16.0. The van der Waals surface area contributed by atoms with Crippen molar-refractivity contribution in [3.8, 4) is 5.69 Å². The zero-order chi connectivity index (χ0) is 17.4. The van der Waals surface area contributed by atoms with Gasteiger partial charge in [0, 0.05) is 6.04 Å². The Morgan fingerprint density at radius 1 is 1.17 bits per heavy atom. The largest absolute Gasteiger partial charge is 0.336 e. The highest BCUT2D eigenvalue weighted by atomic mass is 16.2. The van der Waals surface area contributed by atoms with E-state index in [2.05, 4.69) is 27.6 Å². The summed E-state index contributed by atoms with van der Waals surface area (Å²) in [5.74, 6) is 0. The van der Waals surface area contributed by atoms with E-state index in [9.17, 15) is 4.79 Å². The molecule has 2 unspecified atom stereocenters. The molecule has 2 aromatic rings. The van der Waals surface area contributed by atoms with Gasteiger partial charge in [-0.05, 0) is 38.0 Å². The van der Waals surface area contributed by atoms with Crippen molar-refractivity contribution in [3.63, 3.8) is 0 Å². The standard InChI is InChI=1S/C18H27N5O/c1-4-5-6-7-14(2)21-18(24)22-15(3)16-8-10-17(11-9-16)23-13-19-12-20-23/h8-15H,4-7H2,1-3H3,(H2,21,22,24). The van der Waals surface area contributed by atoms with E-state index in [1.54, 1.807) is 11.0 Å². The van der Waals surface area contributed by atoms with Gasteiger partial charge in [-0.25, -0.2) is 14.5 Å². The predicted octanol–water partition coefficient (Wildman–Crippen LogP) is 3.60. The van der Waals surface area contributed by atoms with Crippen molar-refractivity contribution in [2.45, 2.75) is 58.5 Å². The van der Waals surface area contributed by atoms with Crippen molar-refractivity contribution in [2.24, 2.45) is 0 Å². The fraction of sp³-hybridized carbons (Fsp3) is 0.500. The highest BCUT2D eigenvalue weighted by molar-refractivity contribution is 5.74. The Labute approximate surface area is 143 Å². The molecule has 6 heteroatoms. The first-order chi connectivity index (χ1) is 11.6. The molecule has 0 bridgehead atoms. The molecular weight excluding hydrogens is 302 g/mol. The van der Waals surface area contributed by atoms with Gasteiger partial charge < -0.3 is 10.6 Å². The zero-order valence-corrected chi connectivity index (χ0v) is 14.7. The number of aromatic nitrogens is 3. The number of nitrogens with one attached hydrogen (secondary N) is 2. The van der Waals surface area contributed by atoms with Gasteiger partial charge in [0.05, 0.1) is 11.7 Å². The van der Waals surface area contributed by atoms with Crippen LogP contribution in [-0.4, -0.2) is 26.8 Å². The molecule has 0 radical (unpaired) electrons. The van der Waals surface area contributed by atoms with Gasteiger partial charge in [-0.3, -0.25) is 0 Å². The summed E-state index contributed by atoms with van der Waals surface area (Å²) in [7, 11) is 0. The van der Waals surface area contributed by atoms with Gasteiger partial charge in [0.1, 0.15) is 12.7 Å². The molecule has 0 saturated heterocycles. The maximum atomic E-state index is 12.1. The average Bonchev–Trinajstić information content (AvgIpc) is 3.09. The van der Waals surface area contributed by atoms with Crippen LogP contribution >= 0.6 is 0 Å². The number of amides is 2. The first kappa shape index (κ1) is 18.0. The van der Waals surface area contributed by atoms with Gasteiger partial charge in [-0.1, -0.05) is 38.3 Å². The summed E-state index contributed by atoms with van der Waals surface area (Å²) >= 11 is 0. The lowest BCUT2D eigenvalue weighted by Gasteiger charge is -2.18. The number of carbonyl (C=O) groups is 1. The topological polar surface area (TPSA) is 71.8 Å². The van der Waals surface area contributed by atoms with Crippen molar-refractivity contribution in [1.82, 2.24) is 25.4 Å². The molecule has 1 aromatic carbocycles. The maximum Gasteiger partial charge on any atom is 0.315 e. The van der Waals surface area contributed by atoms with E-state index in [-0.39, 0.29) is 18.1 Å². The van der Waals surface area contributed by atoms with Crippen molar-refractivity contribution < 1.29 is 4.79 Å². The fourth-order valence-electron chi connectivity index (χ4n) is 2.58. The second kappa shape index (κ2) is 9.05. The molecule has 0 fully saturated rings. The molecule has 0 aliphatic heterocycles. The number of urea groups is 1. The van der Waals surface area contributed by atoms with Gasteiger partial charge in [0.15, 0.2) is 0 Å². The predicted molar refractivity (Wildman–Crippen MR) is 95.0 cm³/mol. The second-order valence-electron chi connectivity index (χ2n) is 6.17.